The van der Waals surface area contributed by atoms with Gasteiger partial charge >= 0.3 is 23.9 Å². The molecule has 8 heteroatoms. The minimum absolute atomic E-state index is 0.0279. The maximum Gasteiger partial charge on any atom is 0.330 e. The van der Waals surface area contributed by atoms with E-state index in [0.717, 1.165) is 25.7 Å². The lowest BCUT2D eigenvalue weighted by molar-refractivity contribution is -0.166. The Hall–Kier alpha value is -2.90. The number of esters is 3. The van der Waals surface area contributed by atoms with Gasteiger partial charge in [0.05, 0.1) is 0 Å². The monoisotopic (exact) mass is 612 g/mol. The normalized spacial score (nSPS) is 37.2. The molecule has 4 aliphatic rings. The topological polar surface area (TPSA) is 116 Å². The van der Waals surface area contributed by atoms with Crippen LogP contribution in [0.1, 0.15) is 108 Å². The maximum absolute atomic E-state index is 12.5. The van der Waals surface area contributed by atoms with Gasteiger partial charge in [-0.05, 0) is 78.8 Å². The third-order valence-electron chi connectivity index (χ3n) is 12.4. The van der Waals surface area contributed by atoms with Crippen molar-refractivity contribution in [3.8, 4) is 0 Å². The number of carbonyl (C=O) groups excluding carboxylic acids is 3. The van der Waals surface area contributed by atoms with Gasteiger partial charge in [-0.2, -0.15) is 0 Å². The second-order valence-corrected chi connectivity index (χ2v) is 15.1. The minimum atomic E-state index is -0.999. The highest BCUT2D eigenvalue weighted by molar-refractivity contribution is 5.85. The average Bonchev–Trinajstić information content (AvgIpc) is 3.13. The molecule has 0 aliphatic heterocycles. The Bertz CT molecular complexity index is 1300. The standard InChI is InChI=1S/C36H52O8/c1-20(32(40)41)11-13-28(42-22(3)37)21(2)27-19-31(44-24(5)39)36(10)26-12-14-29-33(6,7)30(43-23(4)38)16-17-34(29,8)25(26)15-18-35(27,36)9/h11-12,15,21,27-31H,13-14,16-19H2,1-10H3,(H,40,41)/b20-11+. The van der Waals surface area contributed by atoms with E-state index in [1.54, 1.807) is 13.0 Å². The second-order valence-electron chi connectivity index (χ2n) is 15.1. The van der Waals surface area contributed by atoms with Gasteiger partial charge in [0.1, 0.15) is 18.3 Å². The number of carbonyl (C=O) groups is 4. The van der Waals surface area contributed by atoms with Gasteiger partial charge in [0.25, 0.3) is 0 Å². The Morgan fingerprint density at radius 1 is 0.932 bits per heavy atom. The Morgan fingerprint density at radius 3 is 2.11 bits per heavy atom. The first-order valence-corrected chi connectivity index (χ1v) is 16.1. The third kappa shape index (κ3) is 5.44. The number of ether oxygens (including phenoxy) is 3. The van der Waals surface area contributed by atoms with E-state index in [1.165, 1.54) is 31.9 Å². The molecule has 0 aromatic heterocycles. The van der Waals surface area contributed by atoms with Gasteiger partial charge in [0.15, 0.2) is 0 Å². The van der Waals surface area contributed by atoms with E-state index in [1.807, 2.05) is 0 Å². The summed E-state index contributed by atoms with van der Waals surface area (Å²) in [6.45, 7) is 19.3. The van der Waals surface area contributed by atoms with E-state index in [-0.39, 0.29) is 63.7 Å². The van der Waals surface area contributed by atoms with Crippen LogP contribution in [-0.2, 0) is 33.4 Å². The highest BCUT2D eigenvalue weighted by Crippen LogP contribution is 2.72. The van der Waals surface area contributed by atoms with Crippen LogP contribution in [0.2, 0.25) is 0 Å². The van der Waals surface area contributed by atoms with Gasteiger partial charge in [-0.1, -0.05) is 59.8 Å². The SMILES string of the molecule is CC(=O)OC(C/C=C(\C)C(=O)O)C(C)C1CC(OC(C)=O)C2(C)C3=CCC4C(C)(CCC(OC(C)=O)C4(C)C)C3=CCC12C. The average molecular weight is 613 g/mol. The summed E-state index contributed by atoms with van der Waals surface area (Å²) in [6.07, 6.45) is 9.58. The van der Waals surface area contributed by atoms with E-state index < -0.39 is 23.5 Å². The molecule has 0 heterocycles. The quantitative estimate of drug-likeness (QED) is 0.177. The molecule has 0 aromatic carbocycles. The molecule has 2 saturated carbocycles. The molecule has 0 amide bonds. The van der Waals surface area contributed by atoms with Crippen LogP contribution in [0.15, 0.2) is 34.9 Å². The molecule has 4 rings (SSSR count). The number of carboxylic acid groups (broad SMARTS) is 1. The van der Waals surface area contributed by atoms with Crippen molar-refractivity contribution in [3.05, 3.63) is 34.9 Å². The fourth-order valence-electron chi connectivity index (χ4n) is 9.83. The van der Waals surface area contributed by atoms with Crippen LogP contribution >= 0.6 is 0 Å². The first kappa shape index (κ1) is 34.0. The van der Waals surface area contributed by atoms with Gasteiger partial charge in [-0.3, -0.25) is 14.4 Å². The molecule has 1 N–H and O–H groups in total. The molecule has 0 spiro atoms. The molecule has 0 aromatic rings. The third-order valence-corrected chi connectivity index (χ3v) is 12.4. The zero-order chi connectivity index (χ0) is 33.0. The van der Waals surface area contributed by atoms with Crippen LogP contribution in [0, 0.1) is 39.4 Å². The molecule has 4 aliphatic carbocycles. The summed E-state index contributed by atoms with van der Waals surface area (Å²) in [4.78, 5) is 48.2. The summed E-state index contributed by atoms with van der Waals surface area (Å²) < 4.78 is 17.8. The van der Waals surface area contributed by atoms with Gasteiger partial charge in [0.2, 0.25) is 0 Å². The zero-order valence-corrected chi connectivity index (χ0v) is 28.2. The lowest BCUT2D eigenvalue weighted by Crippen LogP contribution is -2.56. The maximum atomic E-state index is 12.5. The first-order valence-electron chi connectivity index (χ1n) is 16.1. The fourth-order valence-corrected chi connectivity index (χ4v) is 9.83. The number of carboxylic acids is 1. The predicted molar refractivity (Wildman–Crippen MR) is 166 cm³/mol. The number of allylic oxidation sites excluding steroid dienone is 3. The lowest BCUT2D eigenvalue weighted by atomic mass is 9.44. The zero-order valence-electron chi connectivity index (χ0n) is 28.2. The highest BCUT2D eigenvalue weighted by atomic mass is 16.6. The number of rotatable bonds is 8. The summed E-state index contributed by atoms with van der Waals surface area (Å²) in [5.74, 6) is -1.78. The Kier molecular flexibility index (Phi) is 9.11. The molecule has 2 fully saturated rings. The van der Waals surface area contributed by atoms with Crippen molar-refractivity contribution in [1.29, 1.82) is 0 Å². The van der Waals surface area contributed by atoms with E-state index in [4.69, 9.17) is 14.2 Å². The molecule has 0 saturated heterocycles. The molecule has 0 bridgehead atoms. The van der Waals surface area contributed by atoms with Crippen molar-refractivity contribution in [2.45, 2.75) is 126 Å². The van der Waals surface area contributed by atoms with Crippen LogP contribution in [0.5, 0.6) is 0 Å². The summed E-state index contributed by atoms with van der Waals surface area (Å²) >= 11 is 0. The number of aliphatic carboxylic acids is 1. The first-order chi connectivity index (χ1) is 20.3. The van der Waals surface area contributed by atoms with Crippen molar-refractivity contribution >= 4 is 23.9 Å². The summed E-state index contributed by atoms with van der Waals surface area (Å²) in [6, 6.07) is 0. The van der Waals surface area contributed by atoms with E-state index in [2.05, 4.69) is 53.7 Å². The minimum Gasteiger partial charge on any atom is -0.478 e. The molecule has 44 heavy (non-hydrogen) atoms. The van der Waals surface area contributed by atoms with Gasteiger partial charge in [0, 0.05) is 43.6 Å². The highest BCUT2D eigenvalue weighted by Gasteiger charge is 2.68. The summed E-state index contributed by atoms with van der Waals surface area (Å²) in [5, 5.41) is 9.41. The molecule has 244 valence electrons. The Balaban J connectivity index is 1.78. The van der Waals surface area contributed by atoms with E-state index >= 15 is 0 Å². The Labute approximate surface area is 262 Å². The van der Waals surface area contributed by atoms with Crippen molar-refractivity contribution < 1.29 is 38.5 Å². The lowest BCUT2D eigenvalue weighted by Gasteiger charge is -2.61. The van der Waals surface area contributed by atoms with Gasteiger partial charge < -0.3 is 19.3 Å². The Morgan fingerprint density at radius 2 is 1.55 bits per heavy atom. The van der Waals surface area contributed by atoms with Crippen LogP contribution in [0.3, 0.4) is 0 Å². The second kappa shape index (κ2) is 11.8. The van der Waals surface area contributed by atoms with E-state index in [9.17, 15) is 24.3 Å². The van der Waals surface area contributed by atoms with Gasteiger partial charge in [-0.25, -0.2) is 4.79 Å². The van der Waals surface area contributed by atoms with Crippen molar-refractivity contribution in [2.75, 3.05) is 0 Å². The number of hydrogen-bond acceptors (Lipinski definition) is 7. The van der Waals surface area contributed by atoms with Crippen LogP contribution in [0.4, 0.5) is 0 Å². The summed E-state index contributed by atoms with van der Waals surface area (Å²) in [7, 11) is 0. The molecule has 0 radical (unpaired) electrons. The van der Waals surface area contributed by atoms with Crippen LogP contribution in [-0.4, -0.2) is 47.3 Å². The predicted octanol–water partition coefficient (Wildman–Crippen LogP) is 6.97. The van der Waals surface area contributed by atoms with Gasteiger partial charge in [-0.15, -0.1) is 0 Å². The largest absolute Gasteiger partial charge is 0.478 e. The van der Waals surface area contributed by atoms with Crippen molar-refractivity contribution in [3.63, 3.8) is 0 Å². The summed E-state index contributed by atoms with van der Waals surface area (Å²) in [5.41, 5.74) is 1.63. The molecule has 9 atom stereocenters. The number of fused-ring (bicyclic) bond motifs is 5. The van der Waals surface area contributed by atoms with Crippen molar-refractivity contribution in [2.24, 2.45) is 39.4 Å². The number of hydrogen-bond donors (Lipinski definition) is 1. The molecule has 8 nitrogen and oxygen atoms in total. The van der Waals surface area contributed by atoms with Crippen LogP contribution < -0.4 is 0 Å². The van der Waals surface area contributed by atoms with E-state index in [0.29, 0.717) is 12.8 Å². The van der Waals surface area contributed by atoms with Crippen molar-refractivity contribution in [1.82, 2.24) is 0 Å². The molecule has 9 unspecified atom stereocenters. The molecular formula is C36H52O8. The van der Waals surface area contributed by atoms with Crippen LogP contribution in [0.25, 0.3) is 0 Å². The smallest absolute Gasteiger partial charge is 0.330 e. The fraction of sp³-hybridized carbons (Fsp3) is 0.722. The molecular weight excluding hydrogens is 560 g/mol.